The zero-order valence-corrected chi connectivity index (χ0v) is 12.4. The maximum absolute atomic E-state index is 4.71. The summed E-state index contributed by atoms with van der Waals surface area (Å²) in [5, 5.41) is 2.57. The third-order valence-corrected chi connectivity index (χ3v) is 4.39. The van der Waals surface area contributed by atoms with Gasteiger partial charge in [-0.2, -0.15) is 0 Å². The van der Waals surface area contributed by atoms with Gasteiger partial charge in [0.25, 0.3) is 0 Å². The zero-order chi connectivity index (χ0) is 15.2. The van der Waals surface area contributed by atoms with Gasteiger partial charge < -0.3 is 0 Å². The summed E-state index contributed by atoms with van der Waals surface area (Å²) in [4.78, 5) is 8.83. The Balaban J connectivity index is 1.82. The van der Waals surface area contributed by atoms with Crippen molar-refractivity contribution in [3.8, 4) is 22.4 Å². The molecular formula is C21H13N2. The normalized spacial score (nSPS) is 12.2. The van der Waals surface area contributed by atoms with Crippen LogP contribution in [-0.2, 0) is 0 Å². The molecule has 1 aliphatic carbocycles. The standard InChI is InChI=1S/C21H13N2/c1-3-15-6-7-16-13-19(16)20(15)18(4-1)21-17(5-2-10-23-21)14-8-11-22-12-9-14/h1-13H. The van der Waals surface area contributed by atoms with Crippen LogP contribution in [0.2, 0.25) is 0 Å². The van der Waals surface area contributed by atoms with Gasteiger partial charge in [0.15, 0.2) is 0 Å². The number of hydrogen-bond acceptors (Lipinski definition) is 2. The fourth-order valence-electron chi connectivity index (χ4n) is 3.24. The molecule has 2 aromatic carbocycles. The highest BCUT2D eigenvalue weighted by Gasteiger charge is 2.23. The number of pyridine rings is 2. The van der Waals surface area contributed by atoms with Crippen molar-refractivity contribution in [2.24, 2.45) is 0 Å². The second-order valence-electron chi connectivity index (χ2n) is 5.75. The molecule has 0 spiro atoms. The van der Waals surface area contributed by atoms with Gasteiger partial charge in [-0.1, -0.05) is 36.4 Å². The molecule has 2 heteroatoms. The molecule has 0 bridgehead atoms. The molecule has 0 amide bonds. The molecule has 0 fully saturated rings. The van der Waals surface area contributed by atoms with Crippen molar-refractivity contribution in [1.29, 1.82) is 0 Å². The molecule has 0 N–H and O–H groups in total. The molecule has 2 aromatic heterocycles. The minimum Gasteiger partial charge on any atom is -0.265 e. The molecular weight excluding hydrogens is 280 g/mol. The van der Waals surface area contributed by atoms with Crippen molar-refractivity contribution in [2.45, 2.75) is 0 Å². The lowest BCUT2D eigenvalue weighted by atomic mass is 9.96. The van der Waals surface area contributed by atoms with Crippen LogP contribution in [0, 0.1) is 6.42 Å². The Kier molecular flexibility index (Phi) is 2.59. The van der Waals surface area contributed by atoms with Crippen molar-refractivity contribution in [2.75, 3.05) is 0 Å². The van der Waals surface area contributed by atoms with Crippen LogP contribution in [0.25, 0.3) is 33.2 Å². The molecule has 0 aliphatic heterocycles. The van der Waals surface area contributed by atoms with E-state index in [4.69, 9.17) is 4.98 Å². The van der Waals surface area contributed by atoms with Gasteiger partial charge in [0, 0.05) is 36.1 Å². The lowest BCUT2D eigenvalue weighted by molar-refractivity contribution is 1.31. The predicted molar refractivity (Wildman–Crippen MR) is 92.9 cm³/mol. The Morgan fingerprint density at radius 2 is 1.57 bits per heavy atom. The Hall–Kier alpha value is -3.00. The average molecular weight is 293 g/mol. The van der Waals surface area contributed by atoms with Crippen LogP contribution in [0.15, 0.2) is 73.2 Å². The molecule has 23 heavy (non-hydrogen) atoms. The van der Waals surface area contributed by atoms with E-state index in [1.54, 1.807) is 0 Å². The van der Waals surface area contributed by atoms with Crippen LogP contribution >= 0.6 is 0 Å². The first-order valence-corrected chi connectivity index (χ1v) is 7.68. The van der Waals surface area contributed by atoms with E-state index >= 15 is 0 Å². The summed E-state index contributed by atoms with van der Waals surface area (Å²) < 4.78 is 0. The lowest BCUT2D eigenvalue weighted by Gasteiger charge is -2.11. The largest absolute Gasteiger partial charge is 0.265 e. The molecule has 4 aromatic rings. The first kappa shape index (κ1) is 12.5. The van der Waals surface area contributed by atoms with E-state index in [1.165, 1.54) is 27.5 Å². The highest BCUT2D eigenvalue weighted by Crippen LogP contribution is 2.43. The molecule has 0 unspecified atom stereocenters. The highest BCUT2D eigenvalue weighted by molar-refractivity contribution is 6.05. The minimum absolute atomic E-state index is 1.03. The summed E-state index contributed by atoms with van der Waals surface area (Å²) in [5.74, 6) is 0. The summed E-state index contributed by atoms with van der Waals surface area (Å²) in [6.45, 7) is 0. The molecule has 1 radical (unpaired) electrons. The first-order chi connectivity index (χ1) is 11.4. The second kappa shape index (κ2) is 4.75. The molecule has 2 heterocycles. The monoisotopic (exact) mass is 293 g/mol. The number of aromatic nitrogens is 2. The van der Waals surface area contributed by atoms with Crippen molar-refractivity contribution in [3.63, 3.8) is 0 Å². The fourth-order valence-corrected chi connectivity index (χ4v) is 3.24. The summed E-state index contributed by atoms with van der Waals surface area (Å²) >= 11 is 0. The molecule has 107 valence electrons. The summed E-state index contributed by atoms with van der Waals surface area (Å²) in [7, 11) is 0. The van der Waals surface area contributed by atoms with Crippen LogP contribution in [0.3, 0.4) is 0 Å². The Bertz CT molecular complexity index is 1040. The summed E-state index contributed by atoms with van der Waals surface area (Å²) in [6, 6.07) is 19.0. The number of nitrogens with zero attached hydrogens (tertiary/aromatic N) is 2. The third-order valence-electron chi connectivity index (χ3n) is 4.39. The summed E-state index contributed by atoms with van der Waals surface area (Å²) in [6.07, 6.45) is 7.75. The van der Waals surface area contributed by atoms with Gasteiger partial charge in [-0.05, 0) is 45.7 Å². The van der Waals surface area contributed by atoms with E-state index < -0.39 is 0 Å². The average Bonchev–Trinajstić information content (AvgIpc) is 3.42. The van der Waals surface area contributed by atoms with Gasteiger partial charge >= 0.3 is 0 Å². The molecule has 0 saturated carbocycles. The van der Waals surface area contributed by atoms with E-state index in [0.717, 1.165) is 16.8 Å². The Labute approximate surface area is 134 Å². The quantitative estimate of drug-likeness (QED) is 0.463. The molecule has 0 saturated heterocycles. The topological polar surface area (TPSA) is 25.8 Å². The SMILES string of the molecule is [CH]1c2ccc3cccc(-c4ncccc4-c4ccncc4)c3c21. The number of rotatable bonds is 2. The van der Waals surface area contributed by atoms with Crippen molar-refractivity contribution in [3.05, 3.63) is 90.7 Å². The van der Waals surface area contributed by atoms with Gasteiger partial charge in [0.1, 0.15) is 0 Å². The van der Waals surface area contributed by atoms with Crippen molar-refractivity contribution in [1.82, 2.24) is 9.97 Å². The smallest absolute Gasteiger partial charge is 0.0786 e. The van der Waals surface area contributed by atoms with Gasteiger partial charge in [-0.25, -0.2) is 0 Å². The van der Waals surface area contributed by atoms with Crippen LogP contribution in [0.1, 0.15) is 11.1 Å². The number of benzene rings is 2. The second-order valence-corrected chi connectivity index (χ2v) is 5.75. The fraction of sp³-hybridized carbons (Fsp3) is 0. The van der Waals surface area contributed by atoms with Gasteiger partial charge in [-0.15, -0.1) is 0 Å². The van der Waals surface area contributed by atoms with Crippen LogP contribution < -0.4 is 0 Å². The number of fused-ring (bicyclic) bond motifs is 3. The molecule has 5 rings (SSSR count). The van der Waals surface area contributed by atoms with Gasteiger partial charge in [-0.3, -0.25) is 9.97 Å². The van der Waals surface area contributed by atoms with Crippen LogP contribution in [0.4, 0.5) is 0 Å². The maximum Gasteiger partial charge on any atom is 0.0786 e. The summed E-state index contributed by atoms with van der Waals surface area (Å²) in [5.41, 5.74) is 7.19. The van der Waals surface area contributed by atoms with Crippen molar-refractivity contribution >= 4 is 10.8 Å². The minimum atomic E-state index is 1.03. The molecule has 2 nitrogen and oxygen atoms in total. The van der Waals surface area contributed by atoms with Crippen LogP contribution in [-0.4, -0.2) is 9.97 Å². The van der Waals surface area contributed by atoms with Crippen molar-refractivity contribution < 1.29 is 0 Å². The Morgan fingerprint density at radius 3 is 2.48 bits per heavy atom. The van der Waals surface area contributed by atoms with E-state index in [0.29, 0.717) is 0 Å². The zero-order valence-electron chi connectivity index (χ0n) is 12.4. The van der Waals surface area contributed by atoms with Crippen LogP contribution in [0.5, 0.6) is 0 Å². The number of hydrogen-bond donors (Lipinski definition) is 0. The van der Waals surface area contributed by atoms with E-state index in [-0.39, 0.29) is 0 Å². The first-order valence-electron chi connectivity index (χ1n) is 7.68. The Morgan fingerprint density at radius 1 is 0.696 bits per heavy atom. The van der Waals surface area contributed by atoms with E-state index in [1.807, 2.05) is 36.8 Å². The van der Waals surface area contributed by atoms with Gasteiger partial charge in [0.2, 0.25) is 0 Å². The third kappa shape index (κ3) is 1.95. The maximum atomic E-state index is 4.71. The predicted octanol–water partition coefficient (Wildman–Crippen LogP) is 4.88. The van der Waals surface area contributed by atoms with E-state index in [2.05, 4.69) is 47.8 Å². The molecule has 1 aliphatic rings. The van der Waals surface area contributed by atoms with Gasteiger partial charge in [0.05, 0.1) is 5.69 Å². The highest BCUT2D eigenvalue weighted by atomic mass is 14.7. The van der Waals surface area contributed by atoms with E-state index in [9.17, 15) is 0 Å². The lowest BCUT2D eigenvalue weighted by Crippen LogP contribution is -1.90. The molecule has 0 atom stereocenters.